The molecule has 0 fully saturated rings. The van der Waals surface area contributed by atoms with E-state index in [0.29, 0.717) is 0 Å². The van der Waals surface area contributed by atoms with Crippen molar-refractivity contribution in [3.8, 4) is 5.75 Å². The minimum atomic E-state index is -4.84. The summed E-state index contributed by atoms with van der Waals surface area (Å²) in [5.74, 6) is -0.914. The second-order valence-corrected chi connectivity index (χ2v) is 6.13. The lowest BCUT2D eigenvalue weighted by molar-refractivity contribution is -0.274. The highest BCUT2D eigenvalue weighted by Crippen LogP contribution is 2.26. The third kappa shape index (κ3) is 5.03. The van der Waals surface area contributed by atoms with Gasteiger partial charge in [0.25, 0.3) is 11.1 Å². The van der Waals surface area contributed by atoms with Crippen molar-refractivity contribution in [1.29, 1.82) is 0 Å². The summed E-state index contributed by atoms with van der Waals surface area (Å²) in [6.07, 6.45) is -5.00. The van der Waals surface area contributed by atoms with E-state index in [-0.39, 0.29) is 35.8 Å². The maximum atomic E-state index is 12.4. The molecule has 0 saturated heterocycles. The second-order valence-electron chi connectivity index (χ2n) is 6.13. The third-order valence-corrected chi connectivity index (χ3v) is 4.12. The van der Waals surface area contributed by atoms with Crippen LogP contribution in [0.2, 0.25) is 0 Å². The molecule has 1 heterocycles. The summed E-state index contributed by atoms with van der Waals surface area (Å²) < 4.78 is 42.3. The van der Waals surface area contributed by atoms with Gasteiger partial charge in [0.15, 0.2) is 0 Å². The van der Waals surface area contributed by atoms with E-state index in [2.05, 4.69) is 15.2 Å². The van der Waals surface area contributed by atoms with Gasteiger partial charge in [-0.2, -0.15) is 0 Å². The fraction of sp³-hybridized carbons (Fsp3) is 0.211. The molecule has 1 aromatic heterocycles. The molecule has 2 N–H and O–H groups in total. The van der Waals surface area contributed by atoms with Crippen LogP contribution in [0.15, 0.2) is 58.1 Å². The molecule has 0 aliphatic heterocycles. The number of carbonyl (C=O) groups is 1. The number of carbonyl (C=O) groups excluding carboxylic acids is 1. The first-order valence-corrected chi connectivity index (χ1v) is 8.57. The molecule has 1 amide bonds. The molecular formula is C19H16F3N3O4. The summed E-state index contributed by atoms with van der Waals surface area (Å²) in [5, 5.41) is 5.36. The maximum Gasteiger partial charge on any atom is 0.573 e. The normalized spacial score (nSPS) is 11.4. The van der Waals surface area contributed by atoms with Crippen molar-refractivity contribution in [3.05, 3.63) is 74.8 Å². The van der Waals surface area contributed by atoms with Gasteiger partial charge in [-0.1, -0.05) is 30.3 Å². The van der Waals surface area contributed by atoms with E-state index in [4.69, 9.17) is 0 Å². The van der Waals surface area contributed by atoms with E-state index in [1.165, 1.54) is 30.3 Å². The molecule has 152 valence electrons. The van der Waals surface area contributed by atoms with Crippen LogP contribution >= 0.6 is 0 Å². The number of benzene rings is 2. The summed E-state index contributed by atoms with van der Waals surface area (Å²) in [6.45, 7) is -0.278. The minimum Gasteiger partial charge on any atom is -0.405 e. The van der Waals surface area contributed by atoms with Crippen LogP contribution in [0.1, 0.15) is 12.0 Å². The number of rotatable bonds is 6. The Balaban J connectivity index is 1.65. The smallest absolute Gasteiger partial charge is 0.405 e. The topological polar surface area (TPSA) is 93.2 Å². The van der Waals surface area contributed by atoms with Crippen molar-refractivity contribution in [2.75, 3.05) is 0 Å². The number of fused-ring (bicyclic) bond motifs is 1. The Kier molecular flexibility index (Phi) is 5.71. The van der Waals surface area contributed by atoms with E-state index in [1.807, 2.05) is 0 Å². The number of nitrogens with zero attached hydrogens (tertiary/aromatic N) is 1. The van der Waals surface area contributed by atoms with E-state index in [0.717, 1.165) is 10.7 Å². The third-order valence-electron chi connectivity index (χ3n) is 4.12. The van der Waals surface area contributed by atoms with Gasteiger partial charge in [-0.25, -0.2) is 4.68 Å². The zero-order chi connectivity index (χ0) is 21.0. The number of hydrogen-bond donors (Lipinski definition) is 2. The van der Waals surface area contributed by atoms with Crippen LogP contribution in [0.25, 0.3) is 10.8 Å². The van der Waals surface area contributed by atoms with Crippen molar-refractivity contribution >= 4 is 16.7 Å². The largest absolute Gasteiger partial charge is 0.573 e. The number of para-hydroxylation sites is 1. The van der Waals surface area contributed by atoms with Gasteiger partial charge in [0.2, 0.25) is 5.91 Å². The Morgan fingerprint density at radius 3 is 2.41 bits per heavy atom. The van der Waals surface area contributed by atoms with Gasteiger partial charge in [0.05, 0.1) is 17.3 Å². The summed E-state index contributed by atoms with van der Waals surface area (Å²) in [6, 6.07) is 11.7. The predicted molar refractivity (Wildman–Crippen MR) is 98.4 cm³/mol. The first kappa shape index (κ1) is 20.2. The number of aromatic nitrogens is 2. The van der Waals surface area contributed by atoms with Crippen molar-refractivity contribution < 1.29 is 22.7 Å². The SMILES string of the molecule is O=C(CCn1[nH]c(=O)c2ccccc2c1=O)NCc1ccccc1OC(F)(F)F. The van der Waals surface area contributed by atoms with Crippen LogP contribution in [-0.2, 0) is 17.9 Å². The number of halogens is 3. The van der Waals surface area contributed by atoms with Gasteiger partial charge >= 0.3 is 6.36 Å². The summed E-state index contributed by atoms with van der Waals surface area (Å²) >= 11 is 0. The average molecular weight is 407 g/mol. The Morgan fingerprint density at radius 2 is 1.69 bits per heavy atom. The number of hydrogen-bond acceptors (Lipinski definition) is 4. The van der Waals surface area contributed by atoms with E-state index >= 15 is 0 Å². The molecule has 0 atom stereocenters. The van der Waals surface area contributed by atoms with Gasteiger partial charge in [-0.15, -0.1) is 13.2 Å². The summed E-state index contributed by atoms with van der Waals surface area (Å²) in [5.41, 5.74) is -0.759. The molecule has 7 nitrogen and oxygen atoms in total. The molecule has 0 bridgehead atoms. The van der Waals surface area contributed by atoms with Crippen LogP contribution in [0.5, 0.6) is 5.75 Å². The van der Waals surface area contributed by atoms with Crippen molar-refractivity contribution in [3.63, 3.8) is 0 Å². The van der Waals surface area contributed by atoms with Gasteiger partial charge < -0.3 is 10.1 Å². The Labute approximate surface area is 161 Å². The first-order valence-electron chi connectivity index (χ1n) is 8.57. The molecule has 3 aromatic rings. The lowest BCUT2D eigenvalue weighted by atomic mass is 10.2. The predicted octanol–water partition coefficient (Wildman–Crippen LogP) is 2.29. The van der Waals surface area contributed by atoms with Gasteiger partial charge in [0.1, 0.15) is 5.75 Å². The van der Waals surface area contributed by atoms with Gasteiger partial charge in [-0.3, -0.25) is 19.5 Å². The summed E-state index contributed by atoms with van der Waals surface area (Å²) in [4.78, 5) is 36.5. The number of aryl methyl sites for hydroxylation is 1. The molecule has 0 aliphatic rings. The quantitative estimate of drug-likeness (QED) is 0.656. The van der Waals surface area contributed by atoms with Crippen LogP contribution in [0.4, 0.5) is 13.2 Å². The highest BCUT2D eigenvalue weighted by Gasteiger charge is 2.31. The van der Waals surface area contributed by atoms with Crippen LogP contribution in [0, 0.1) is 0 Å². The molecule has 0 saturated carbocycles. The second kappa shape index (κ2) is 8.21. The van der Waals surface area contributed by atoms with Gasteiger partial charge in [-0.05, 0) is 18.2 Å². The molecule has 29 heavy (non-hydrogen) atoms. The number of aromatic amines is 1. The van der Waals surface area contributed by atoms with Crippen LogP contribution in [-0.4, -0.2) is 22.1 Å². The molecular weight excluding hydrogens is 391 g/mol. The fourth-order valence-corrected chi connectivity index (χ4v) is 2.77. The molecule has 2 aromatic carbocycles. The Morgan fingerprint density at radius 1 is 1.03 bits per heavy atom. The Hall–Kier alpha value is -3.56. The molecule has 3 rings (SSSR count). The molecule has 0 unspecified atom stereocenters. The standard InChI is InChI=1S/C19H16F3N3O4/c20-19(21,22)29-15-8-4-1-5-12(15)11-23-16(26)9-10-25-18(28)14-7-3-2-6-13(14)17(27)24-25/h1-8H,9-11H2,(H,23,26)(H,24,27). The van der Waals surface area contributed by atoms with Crippen LogP contribution in [0.3, 0.4) is 0 Å². The Bertz CT molecular complexity index is 1150. The number of H-pyrrole nitrogens is 1. The zero-order valence-electron chi connectivity index (χ0n) is 15.0. The number of ether oxygens (including phenoxy) is 1. The molecule has 0 aliphatic carbocycles. The van der Waals surface area contributed by atoms with Crippen molar-refractivity contribution in [2.45, 2.75) is 25.9 Å². The van der Waals surface area contributed by atoms with E-state index in [1.54, 1.807) is 12.1 Å². The first-order chi connectivity index (χ1) is 13.7. The zero-order valence-corrected chi connectivity index (χ0v) is 15.0. The molecule has 10 heteroatoms. The maximum absolute atomic E-state index is 12.4. The average Bonchev–Trinajstić information content (AvgIpc) is 2.68. The van der Waals surface area contributed by atoms with E-state index < -0.39 is 29.1 Å². The highest BCUT2D eigenvalue weighted by atomic mass is 19.4. The van der Waals surface area contributed by atoms with E-state index in [9.17, 15) is 27.6 Å². The highest BCUT2D eigenvalue weighted by molar-refractivity contribution is 5.80. The molecule has 0 radical (unpaired) electrons. The van der Waals surface area contributed by atoms with Crippen molar-refractivity contribution in [1.82, 2.24) is 15.1 Å². The summed E-state index contributed by atoms with van der Waals surface area (Å²) in [7, 11) is 0. The lowest BCUT2D eigenvalue weighted by Gasteiger charge is -2.13. The molecule has 0 spiro atoms. The lowest BCUT2D eigenvalue weighted by Crippen LogP contribution is -2.32. The monoisotopic (exact) mass is 407 g/mol. The number of alkyl halides is 3. The number of nitrogens with one attached hydrogen (secondary N) is 2. The number of amides is 1. The van der Waals surface area contributed by atoms with Crippen LogP contribution < -0.4 is 21.2 Å². The minimum absolute atomic E-state index is 0.0918. The fourth-order valence-electron chi connectivity index (χ4n) is 2.77. The van der Waals surface area contributed by atoms with Crippen molar-refractivity contribution in [2.24, 2.45) is 0 Å². The van der Waals surface area contributed by atoms with Gasteiger partial charge in [0, 0.05) is 18.5 Å².